The molecular weight excluding hydrogens is 364 g/mol. The maximum absolute atomic E-state index is 9.99. The number of benzene rings is 4. The summed E-state index contributed by atoms with van der Waals surface area (Å²) >= 11 is 0. The Labute approximate surface area is 168 Å². The molecule has 0 spiro atoms. The van der Waals surface area contributed by atoms with Crippen molar-refractivity contribution in [3.63, 3.8) is 0 Å². The first-order valence-corrected chi connectivity index (χ1v) is 9.84. The van der Waals surface area contributed by atoms with Gasteiger partial charge in [0.15, 0.2) is 0 Å². The van der Waals surface area contributed by atoms with E-state index in [1.54, 1.807) is 0 Å². The molecule has 0 aliphatic carbocycles. The average Bonchev–Trinajstić information content (AvgIpc) is 2.87. The molecule has 29 heavy (non-hydrogen) atoms. The minimum absolute atomic E-state index is 0.0850. The Balaban J connectivity index is 1.85. The van der Waals surface area contributed by atoms with Crippen molar-refractivity contribution in [1.29, 1.82) is 0 Å². The van der Waals surface area contributed by atoms with Gasteiger partial charge in [0.05, 0.1) is 13.2 Å². The van der Waals surface area contributed by atoms with Gasteiger partial charge in [-0.3, -0.25) is 0 Å². The van der Waals surface area contributed by atoms with Gasteiger partial charge in [0.25, 0.3) is 0 Å². The number of ether oxygens (including phenoxy) is 2. The van der Waals surface area contributed by atoms with Crippen molar-refractivity contribution >= 4 is 21.5 Å². The molecule has 5 rings (SSSR count). The Hall–Kier alpha value is -3.08. The quantitative estimate of drug-likeness (QED) is 0.538. The highest BCUT2D eigenvalue weighted by molar-refractivity contribution is 5.93. The normalized spacial score (nSPS) is 13.6. The highest BCUT2D eigenvalue weighted by Gasteiger charge is 2.22. The summed E-state index contributed by atoms with van der Waals surface area (Å²) in [6, 6.07) is 20.3. The van der Waals surface area contributed by atoms with Gasteiger partial charge >= 0.3 is 0 Å². The van der Waals surface area contributed by atoms with Crippen molar-refractivity contribution < 1.29 is 19.7 Å². The van der Waals surface area contributed by atoms with Crippen LogP contribution in [0.3, 0.4) is 0 Å². The molecular formula is C25H22O4. The first-order valence-electron chi connectivity index (χ1n) is 9.84. The molecule has 1 aliphatic rings. The molecule has 146 valence electrons. The SMILES string of the molecule is OCc1cc2ccccc2c2c1OCCOc1c(CO)cc3ccccc3c1C2. The van der Waals surface area contributed by atoms with Gasteiger partial charge in [-0.15, -0.1) is 0 Å². The van der Waals surface area contributed by atoms with E-state index in [1.807, 2.05) is 36.4 Å². The van der Waals surface area contributed by atoms with Crippen LogP contribution in [0.25, 0.3) is 21.5 Å². The number of aliphatic hydroxyl groups is 2. The van der Waals surface area contributed by atoms with Crippen LogP contribution in [0.4, 0.5) is 0 Å². The lowest BCUT2D eigenvalue weighted by Crippen LogP contribution is -2.11. The van der Waals surface area contributed by atoms with Crippen molar-refractivity contribution in [2.75, 3.05) is 13.2 Å². The van der Waals surface area contributed by atoms with Gasteiger partial charge in [-0.25, -0.2) is 0 Å². The van der Waals surface area contributed by atoms with E-state index in [4.69, 9.17) is 9.47 Å². The molecule has 0 atom stereocenters. The highest BCUT2D eigenvalue weighted by Crippen LogP contribution is 2.40. The van der Waals surface area contributed by atoms with Crippen LogP contribution in [-0.4, -0.2) is 23.4 Å². The third kappa shape index (κ3) is 3.01. The molecule has 0 bridgehead atoms. The second-order valence-electron chi connectivity index (χ2n) is 7.32. The van der Waals surface area contributed by atoms with Crippen LogP contribution < -0.4 is 9.47 Å². The first kappa shape index (κ1) is 18.0. The lowest BCUT2D eigenvalue weighted by molar-refractivity contribution is 0.205. The summed E-state index contributed by atoms with van der Waals surface area (Å²) in [5, 5.41) is 24.3. The van der Waals surface area contributed by atoms with Crippen LogP contribution in [0, 0.1) is 0 Å². The molecule has 4 aromatic carbocycles. The van der Waals surface area contributed by atoms with E-state index >= 15 is 0 Å². The zero-order chi connectivity index (χ0) is 19.8. The minimum Gasteiger partial charge on any atom is -0.489 e. The molecule has 1 aliphatic heterocycles. The zero-order valence-corrected chi connectivity index (χ0v) is 16.0. The van der Waals surface area contributed by atoms with E-state index in [1.165, 1.54) is 0 Å². The summed E-state index contributed by atoms with van der Waals surface area (Å²) in [6.07, 6.45) is 0.591. The standard InChI is InChI=1S/C25H22O4/c26-14-18-11-16-5-1-3-7-20(16)22-13-23-21-8-4-2-6-17(21)12-19(15-27)25(23)29-10-9-28-24(18)22/h1-8,11-12,26-27H,9-10,13-15H2. The third-order valence-electron chi connectivity index (χ3n) is 5.63. The van der Waals surface area contributed by atoms with Crippen molar-refractivity contribution in [1.82, 2.24) is 0 Å². The van der Waals surface area contributed by atoms with Crippen LogP contribution >= 0.6 is 0 Å². The minimum atomic E-state index is -0.0850. The summed E-state index contributed by atoms with van der Waals surface area (Å²) in [5.41, 5.74) is 3.65. The largest absolute Gasteiger partial charge is 0.489 e. The van der Waals surface area contributed by atoms with E-state index in [2.05, 4.69) is 24.3 Å². The zero-order valence-electron chi connectivity index (χ0n) is 16.0. The third-order valence-corrected chi connectivity index (χ3v) is 5.63. The number of fused-ring (bicyclic) bond motifs is 6. The molecule has 2 N–H and O–H groups in total. The van der Waals surface area contributed by atoms with E-state index in [9.17, 15) is 10.2 Å². The van der Waals surface area contributed by atoms with Gasteiger partial charge in [0.2, 0.25) is 0 Å². The van der Waals surface area contributed by atoms with Crippen molar-refractivity contribution in [2.45, 2.75) is 19.6 Å². The second-order valence-corrected chi connectivity index (χ2v) is 7.32. The Morgan fingerprint density at radius 1 is 0.655 bits per heavy atom. The van der Waals surface area contributed by atoms with E-state index in [0.29, 0.717) is 19.6 Å². The van der Waals surface area contributed by atoms with Crippen LogP contribution in [0.2, 0.25) is 0 Å². The number of rotatable bonds is 2. The molecule has 4 heteroatoms. The van der Waals surface area contributed by atoms with Gasteiger partial charge in [-0.05, 0) is 33.7 Å². The molecule has 0 amide bonds. The Morgan fingerprint density at radius 3 is 1.55 bits per heavy atom. The lowest BCUT2D eigenvalue weighted by Gasteiger charge is -2.18. The number of hydrogen-bond acceptors (Lipinski definition) is 4. The lowest BCUT2D eigenvalue weighted by atomic mass is 9.90. The topological polar surface area (TPSA) is 58.9 Å². The average molecular weight is 386 g/mol. The molecule has 0 unspecified atom stereocenters. The highest BCUT2D eigenvalue weighted by atomic mass is 16.5. The Bertz CT molecular complexity index is 1120. The Kier molecular flexibility index (Phi) is 4.58. The van der Waals surface area contributed by atoms with Crippen LogP contribution in [0.15, 0.2) is 60.7 Å². The van der Waals surface area contributed by atoms with Crippen molar-refractivity contribution in [3.05, 3.63) is 82.9 Å². The predicted octanol–water partition coefficient (Wildman–Crippen LogP) is 4.34. The summed E-state index contributed by atoms with van der Waals surface area (Å²) < 4.78 is 12.2. The Morgan fingerprint density at radius 2 is 1.10 bits per heavy atom. The van der Waals surface area contributed by atoms with Gasteiger partial charge in [-0.1, -0.05) is 48.5 Å². The van der Waals surface area contributed by atoms with Gasteiger partial charge in [0.1, 0.15) is 24.7 Å². The van der Waals surface area contributed by atoms with Crippen molar-refractivity contribution in [2.24, 2.45) is 0 Å². The van der Waals surface area contributed by atoms with Crippen LogP contribution in [0.1, 0.15) is 22.3 Å². The van der Waals surface area contributed by atoms with Gasteiger partial charge in [0, 0.05) is 28.7 Å². The van der Waals surface area contributed by atoms with Gasteiger partial charge < -0.3 is 19.7 Å². The fourth-order valence-electron chi connectivity index (χ4n) is 4.34. The second kappa shape index (κ2) is 7.39. The molecule has 4 nitrogen and oxygen atoms in total. The van der Waals surface area contributed by atoms with Crippen molar-refractivity contribution in [3.8, 4) is 11.5 Å². The number of hydrogen-bond donors (Lipinski definition) is 2. The smallest absolute Gasteiger partial charge is 0.129 e. The number of aliphatic hydroxyl groups excluding tert-OH is 2. The summed E-state index contributed by atoms with van der Waals surface area (Å²) in [6.45, 7) is 0.571. The molecule has 0 radical (unpaired) electrons. The molecule has 0 saturated carbocycles. The predicted molar refractivity (Wildman–Crippen MR) is 114 cm³/mol. The van der Waals surface area contributed by atoms with E-state index in [-0.39, 0.29) is 13.2 Å². The molecule has 0 fully saturated rings. The first-order chi connectivity index (χ1) is 14.3. The summed E-state index contributed by atoms with van der Waals surface area (Å²) in [5.74, 6) is 1.47. The van der Waals surface area contributed by atoms with Crippen LogP contribution in [0.5, 0.6) is 11.5 Å². The fraction of sp³-hybridized carbons (Fsp3) is 0.200. The molecule has 0 saturated heterocycles. The summed E-state index contributed by atoms with van der Waals surface area (Å²) in [4.78, 5) is 0. The van der Waals surface area contributed by atoms with Crippen LogP contribution in [-0.2, 0) is 19.6 Å². The maximum Gasteiger partial charge on any atom is 0.129 e. The fourth-order valence-corrected chi connectivity index (χ4v) is 4.34. The summed E-state index contributed by atoms with van der Waals surface area (Å²) in [7, 11) is 0. The monoisotopic (exact) mass is 386 g/mol. The van der Waals surface area contributed by atoms with Gasteiger partial charge in [-0.2, -0.15) is 0 Å². The maximum atomic E-state index is 9.99. The molecule has 1 heterocycles. The van der Waals surface area contributed by atoms with E-state index < -0.39 is 0 Å². The molecule has 4 aromatic rings. The van der Waals surface area contributed by atoms with E-state index in [0.717, 1.165) is 55.3 Å². The molecule has 0 aromatic heterocycles.